The van der Waals surface area contributed by atoms with Crippen molar-refractivity contribution in [2.24, 2.45) is 0 Å². The van der Waals surface area contributed by atoms with E-state index < -0.39 is 40.0 Å². The van der Waals surface area contributed by atoms with Crippen LogP contribution in [0.2, 0.25) is 0 Å². The summed E-state index contributed by atoms with van der Waals surface area (Å²) in [4.78, 5) is 12.6. The zero-order valence-corrected chi connectivity index (χ0v) is 31.2. The van der Waals surface area contributed by atoms with Gasteiger partial charge in [0.05, 0.1) is 17.9 Å². The zero-order chi connectivity index (χ0) is 34.1. The van der Waals surface area contributed by atoms with Crippen molar-refractivity contribution in [3.05, 3.63) is 0 Å². The second-order valence-electron chi connectivity index (χ2n) is 14.1. The Kier molecular flexibility index (Phi) is 32.3. The summed E-state index contributed by atoms with van der Waals surface area (Å²) in [6.45, 7) is 4.50. The summed E-state index contributed by atoms with van der Waals surface area (Å²) in [5.74, 6) is -1.44. The van der Waals surface area contributed by atoms with E-state index in [2.05, 4.69) is 19.2 Å². The first-order chi connectivity index (χ1) is 22.2. The molecule has 0 aliphatic carbocycles. The third kappa shape index (κ3) is 31.9. The Bertz CT molecular complexity index is 762. The van der Waals surface area contributed by atoms with E-state index in [0.717, 1.165) is 44.9 Å². The van der Waals surface area contributed by atoms with Crippen LogP contribution in [-0.2, 0) is 14.9 Å². The van der Waals surface area contributed by atoms with E-state index in [1.165, 1.54) is 141 Å². The average molecular weight is 676 g/mol. The topological polar surface area (TPSA) is 124 Å². The summed E-state index contributed by atoms with van der Waals surface area (Å²) in [5.41, 5.74) is 0. The summed E-state index contributed by atoms with van der Waals surface area (Å²) in [6, 6.07) is -1.14. The fraction of sp³-hybridized carbons (Fsp3) is 0.974. The molecule has 276 valence electrons. The van der Waals surface area contributed by atoms with Crippen LogP contribution in [-0.4, -0.2) is 53.1 Å². The third-order valence-corrected chi connectivity index (χ3v) is 10.2. The second kappa shape index (κ2) is 32.8. The minimum absolute atomic E-state index is 0.303. The number of hydrogen-bond acceptors (Lipinski definition) is 5. The summed E-state index contributed by atoms with van der Waals surface area (Å²) in [6.07, 6.45) is 34.0. The molecule has 0 aliphatic rings. The lowest BCUT2D eigenvalue weighted by atomic mass is 10.0. The van der Waals surface area contributed by atoms with Crippen LogP contribution in [0.1, 0.15) is 213 Å². The van der Waals surface area contributed by atoms with Crippen LogP contribution < -0.4 is 5.32 Å². The molecule has 0 aromatic carbocycles. The van der Waals surface area contributed by atoms with Crippen molar-refractivity contribution in [2.75, 3.05) is 5.75 Å². The van der Waals surface area contributed by atoms with Crippen LogP contribution in [0, 0.1) is 0 Å². The molecule has 0 spiro atoms. The molecule has 0 bridgehead atoms. The van der Waals surface area contributed by atoms with Gasteiger partial charge in [0.1, 0.15) is 6.10 Å². The number of rotatable bonds is 36. The monoisotopic (exact) mass is 676 g/mol. The summed E-state index contributed by atoms with van der Waals surface area (Å²) >= 11 is 0. The molecule has 0 aromatic rings. The van der Waals surface area contributed by atoms with Gasteiger partial charge in [-0.3, -0.25) is 9.35 Å². The van der Waals surface area contributed by atoms with Crippen molar-refractivity contribution in [2.45, 2.75) is 231 Å². The van der Waals surface area contributed by atoms with Crippen LogP contribution in [0.15, 0.2) is 0 Å². The molecule has 0 saturated carbocycles. The standard InChI is InChI=1S/C38H77NO6S/c1-3-5-7-9-11-13-15-17-18-19-21-22-24-26-28-30-32-36(40)35(34-46(43,44)45)39-38(42)37(41)33-31-29-27-25-23-20-16-14-12-10-8-6-4-2/h35-37,40-41H,3-34H2,1-2H3,(H,39,42)(H,43,44,45). The highest BCUT2D eigenvalue weighted by Gasteiger charge is 2.28. The Labute approximate surface area is 285 Å². The number of aliphatic hydroxyl groups is 2. The number of aliphatic hydroxyl groups excluding tert-OH is 2. The van der Waals surface area contributed by atoms with Gasteiger partial charge < -0.3 is 15.5 Å². The molecule has 3 unspecified atom stereocenters. The predicted molar refractivity (Wildman–Crippen MR) is 195 cm³/mol. The Morgan fingerprint density at radius 3 is 1.09 bits per heavy atom. The van der Waals surface area contributed by atoms with Crippen molar-refractivity contribution in [3.63, 3.8) is 0 Å². The first kappa shape index (κ1) is 45.3. The molecule has 0 rings (SSSR count). The first-order valence-corrected chi connectivity index (χ1v) is 21.4. The lowest BCUT2D eigenvalue weighted by Gasteiger charge is -2.24. The van der Waals surface area contributed by atoms with E-state index in [4.69, 9.17) is 0 Å². The number of unbranched alkanes of at least 4 members (excludes halogenated alkanes) is 27. The molecule has 4 N–H and O–H groups in total. The zero-order valence-electron chi connectivity index (χ0n) is 30.3. The number of nitrogens with one attached hydrogen (secondary N) is 1. The van der Waals surface area contributed by atoms with Gasteiger partial charge in [0.2, 0.25) is 5.91 Å². The maximum atomic E-state index is 12.6. The van der Waals surface area contributed by atoms with Gasteiger partial charge in [0.15, 0.2) is 0 Å². The fourth-order valence-electron chi connectivity index (χ4n) is 6.34. The Hall–Kier alpha value is -0.700. The van der Waals surface area contributed by atoms with E-state index in [0.29, 0.717) is 12.8 Å². The summed E-state index contributed by atoms with van der Waals surface area (Å²) in [5, 5.41) is 23.5. The molecule has 0 fully saturated rings. The van der Waals surface area contributed by atoms with Crippen molar-refractivity contribution < 1.29 is 28.0 Å². The summed E-state index contributed by atoms with van der Waals surface area (Å²) in [7, 11) is -4.40. The van der Waals surface area contributed by atoms with Crippen LogP contribution >= 0.6 is 0 Å². The van der Waals surface area contributed by atoms with Gasteiger partial charge in [-0.25, -0.2) is 0 Å². The number of hydrogen-bond donors (Lipinski definition) is 4. The van der Waals surface area contributed by atoms with Gasteiger partial charge in [-0.2, -0.15) is 8.42 Å². The van der Waals surface area contributed by atoms with E-state index in [9.17, 15) is 28.0 Å². The van der Waals surface area contributed by atoms with Crippen molar-refractivity contribution in [3.8, 4) is 0 Å². The number of amides is 1. The Balaban J connectivity index is 3.98. The van der Waals surface area contributed by atoms with E-state index in [1.54, 1.807) is 0 Å². The van der Waals surface area contributed by atoms with Gasteiger partial charge >= 0.3 is 0 Å². The molecule has 8 heteroatoms. The molecule has 0 heterocycles. The molecule has 46 heavy (non-hydrogen) atoms. The molecule has 3 atom stereocenters. The van der Waals surface area contributed by atoms with Gasteiger partial charge in [-0.15, -0.1) is 0 Å². The summed E-state index contributed by atoms with van der Waals surface area (Å²) < 4.78 is 32.5. The lowest BCUT2D eigenvalue weighted by Crippen LogP contribution is -2.50. The third-order valence-electron chi connectivity index (χ3n) is 9.42. The smallest absolute Gasteiger partial charge is 0.266 e. The van der Waals surface area contributed by atoms with Crippen LogP contribution in [0.25, 0.3) is 0 Å². The van der Waals surface area contributed by atoms with E-state index in [1.807, 2.05) is 0 Å². The average Bonchev–Trinajstić information content (AvgIpc) is 3.01. The molecule has 7 nitrogen and oxygen atoms in total. The van der Waals surface area contributed by atoms with E-state index >= 15 is 0 Å². The lowest BCUT2D eigenvalue weighted by molar-refractivity contribution is -0.131. The van der Waals surface area contributed by atoms with Gasteiger partial charge in [0, 0.05) is 0 Å². The fourth-order valence-corrected chi connectivity index (χ4v) is 7.10. The minimum atomic E-state index is -4.40. The largest absolute Gasteiger partial charge is 0.391 e. The normalized spacial score (nSPS) is 13.9. The first-order valence-electron chi connectivity index (χ1n) is 19.8. The van der Waals surface area contributed by atoms with Gasteiger partial charge in [-0.05, 0) is 12.8 Å². The molecule has 0 saturated heterocycles. The highest BCUT2D eigenvalue weighted by atomic mass is 32.2. The van der Waals surface area contributed by atoms with E-state index in [-0.39, 0.29) is 0 Å². The molecular weight excluding hydrogens is 598 g/mol. The van der Waals surface area contributed by atoms with Gasteiger partial charge in [0.25, 0.3) is 10.1 Å². The maximum Gasteiger partial charge on any atom is 0.266 e. The van der Waals surface area contributed by atoms with Crippen molar-refractivity contribution in [1.82, 2.24) is 5.32 Å². The molecular formula is C38H77NO6S. The van der Waals surface area contributed by atoms with Crippen LogP contribution in [0.3, 0.4) is 0 Å². The quantitative estimate of drug-likeness (QED) is 0.0387. The van der Waals surface area contributed by atoms with Gasteiger partial charge in [-0.1, -0.05) is 200 Å². The maximum absolute atomic E-state index is 12.6. The molecule has 0 aromatic heterocycles. The number of carbonyl (C=O) groups excluding carboxylic acids is 1. The Morgan fingerprint density at radius 2 is 0.783 bits per heavy atom. The highest BCUT2D eigenvalue weighted by molar-refractivity contribution is 7.85. The Morgan fingerprint density at radius 1 is 0.500 bits per heavy atom. The van der Waals surface area contributed by atoms with Crippen molar-refractivity contribution >= 4 is 16.0 Å². The van der Waals surface area contributed by atoms with Crippen LogP contribution in [0.5, 0.6) is 0 Å². The molecule has 1 amide bonds. The SMILES string of the molecule is CCCCCCCCCCCCCCCCCCC(O)C(CS(=O)(=O)O)NC(=O)C(O)CCCCCCCCCCCCCCC. The second-order valence-corrected chi connectivity index (χ2v) is 15.6. The molecule has 0 radical (unpaired) electrons. The highest BCUT2D eigenvalue weighted by Crippen LogP contribution is 2.16. The number of carbonyl (C=O) groups is 1. The minimum Gasteiger partial charge on any atom is -0.391 e. The van der Waals surface area contributed by atoms with Crippen LogP contribution in [0.4, 0.5) is 0 Å². The molecule has 0 aliphatic heterocycles. The predicted octanol–water partition coefficient (Wildman–Crippen LogP) is 10.2. The van der Waals surface area contributed by atoms with Crippen molar-refractivity contribution in [1.29, 1.82) is 0 Å².